The lowest BCUT2D eigenvalue weighted by Gasteiger charge is -1.59. The van der Waals surface area contributed by atoms with E-state index in [1.54, 1.807) is 6.21 Å². The summed E-state index contributed by atoms with van der Waals surface area (Å²) in [4.78, 5) is 3.67. The van der Waals surface area contributed by atoms with Crippen LogP contribution in [0, 0.1) is 0 Å². The van der Waals surface area contributed by atoms with Crippen LogP contribution in [-0.2, 0) is 0 Å². The quantitative estimate of drug-likeness (QED) is 0.334. The van der Waals surface area contributed by atoms with Gasteiger partial charge in [-0.05, 0) is 6.92 Å². The summed E-state index contributed by atoms with van der Waals surface area (Å²) in [6, 6.07) is 0. The first kappa shape index (κ1) is 5.19. The zero-order valence-corrected chi connectivity index (χ0v) is 3.81. The highest BCUT2D eigenvalue weighted by Gasteiger charge is 1.44. The molecule has 6 heavy (non-hydrogen) atoms. The zero-order chi connectivity index (χ0) is 4.83. The predicted molar refractivity (Wildman–Crippen MR) is 27.9 cm³/mol. The van der Waals surface area contributed by atoms with Crippen LogP contribution in [0.15, 0.2) is 23.5 Å². The van der Waals surface area contributed by atoms with Crippen LogP contribution in [0.2, 0.25) is 0 Å². The third kappa shape index (κ3) is 3.19. The third-order valence-corrected chi connectivity index (χ3v) is 0.315. The molecule has 32 valence electrons. The molecule has 0 radical (unpaired) electrons. The van der Waals surface area contributed by atoms with E-state index in [-0.39, 0.29) is 0 Å². The van der Waals surface area contributed by atoms with Gasteiger partial charge in [0.25, 0.3) is 0 Å². The summed E-state index contributed by atoms with van der Waals surface area (Å²) in [6.45, 7) is 5.14. The van der Waals surface area contributed by atoms with Crippen molar-refractivity contribution in [1.29, 1.82) is 0 Å². The van der Waals surface area contributed by atoms with Crippen molar-refractivity contribution in [2.24, 2.45) is 4.99 Å². The minimum atomic E-state index is 1.51. The molecule has 0 heterocycles. The fraction of sp³-hybridized carbons (Fsp3) is 0.200. The van der Waals surface area contributed by atoms with Crippen LogP contribution >= 0.6 is 0 Å². The Bertz CT molecular complexity index is 86.1. The summed E-state index contributed by atoms with van der Waals surface area (Å²) >= 11 is 0. The Hall–Kier alpha value is -0.810. The Morgan fingerprint density at radius 2 is 2.50 bits per heavy atom. The highest BCUT2D eigenvalue weighted by Crippen LogP contribution is 1.61. The van der Waals surface area contributed by atoms with Gasteiger partial charge >= 0.3 is 0 Å². The van der Waals surface area contributed by atoms with Gasteiger partial charge < -0.3 is 0 Å². The van der Waals surface area contributed by atoms with Crippen LogP contribution in [0.25, 0.3) is 0 Å². The molecule has 0 aromatic rings. The number of hydrogen-bond donors (Lipinski definition) is 0. The molecule has 0 bridgehead atoms. The van der Waals surface area contributed by atoms with Crippen LogP contribution < -0.4 is 0 Å². The molecule has 0 aromatic heterocycles. The Morgan fingerprint density at radius 3 is 2.67 bits per heavy atom. The van der Waals surface area contributed by atoms with Gasteiger partial charge in [-0.3, -0.25) is 4.99 Å². The third-order valence-electron chi connectivity index (χ3n) is 0.315. The zero-order valence-electron chi connectivity index (χ0n) is 3.81. The summed E-state index contributed by atoms with van der Waals surface area (Å²) in [7, 11) is 0. The molecule has 1 heteroatoms. The lowest BCUT2D eigenvalue weighted by Crippen LogP contribution is -1.48. The maximum absolute atomic E-state index is 3.67. The van der Waals surface area contributed by atoms with Gasteiger partial charge in [-0.15, -0.1) is 5.73 Å². The van der Waals surface area contributed by atoms with E-state index in [0.717, 1.165) is 0 Å². The van der Waals surface area contributed by atoms with Crippen molar-refractivity contribution in [2.45, 2.75) is 6.92 Å². The number of aliphatic imine (C=N–C) groups is 1. The summed E-state index contributed by atoms with van der Waals surface area (Å²) in [5.74, 6) is 0. The summed E-state index contributed by atoms with van der Waals surface area (Å²) in [5.41, 5.74) is 2.50. The van der Waals surface area contributed by atoms with Crippen molar-refractivity contribution >= 4 is 6.21 Å². The van der Waals surface area contributed by atoms with Crippen LogP contribution in [0.1, 0.15) is 6.92 Å². The van der Waals surface area contributed by atoms with Gasteiger partial charge in [0.2, 0.25) is 0 Å². The molecular formula is C5H7N. The lowest BCUT2D eigenvalue weighted by molar-refractivity contribution is 1.59. The second kappa shape index (κ2) is 4.19. The normalized spacial score (nSPS) is 8.17. The molecule has 0 unspecified atom stereocenters. The molecule has 0 amide bonds. The van der Waals surface area contributed by atoms with E-state index in [4.69, 9.17) is 0 Å². The molecule has 0 atom stereocenters. The van der Waals surface area contributed by atoms with Crippen LogP contribution in [0.3, 0.4) is 0 Å². The van der Waals surface area contributed by atoms with E-state index in [2.05, 4.69) is 17.3 Å². The van der Waals surface area contributed by atoms with Crippen LogP contribution in [0.5, 0.6) is 0 Å². The van der Waals surface area contributed by atoms with Crippen molar-refractivity contribution in [3.63, 3.8) is 0 Å². The number of rotatable bonds is 1. The minimum absolute atomic E-state index is 1.51. The van der Waals surface area contributed by atoms with E-state index >= 15 is 0 Å². The van der Waals surface area contributed by atoms with Gasteiger partial charge in [-0.2, -0.15) is 0 Å². The maximum Gasteiger partial charge on any atom is 0.0676 e. The molecule has 0 aliphatic heterocycles. The highest BCUT2D eigenvalue weighted by molar-refractivity contribution is 5.54. The molecule has 0 saturated carbocycles. The predicted octanol–water partition coefficient (Wildman–Crippen LogP) is 1.38. The highest BCUT2D eigenvalue weighted by atomic mass is 14.6. The van der Waals surface area contributed by atoms with E-state index in [0.29, 0.717) is 0 Å². The van der Waals surface area contributed by atoms with E-state index in [9.17, 15) is 0 Å². The Labute approximate surface area is 37.7 Å². The fourth-order valence-electron chi connectivity index (χ4n) is 0.127. The Kier molecular flexibility index (Phi) is 3.62. The van der Waals surface area contributed by atoms with Gasteiger partial charge in [-0.25, -0.2) is 0 Å². The molecule has 0 aromatic carbocycles. The molecule has 0 aliphatic carbocycles. The number of hydrogen-bond acceptors (Lipinski definition) is 1. The number of nitrogens with zero attached hydrogens (tertiary/aromatic N) is 1. The van der Waals surface area contributed by atoms with Crippen molar-refractivity contribution in [1.82, 2.24) is 0 Å². The van der Waals surface area contributed by atoms with E-state index in [1.165, 1.54) is 6.20 Å². The summed E-state index contributed by atoms with van der Waals surface area (Å²) in [5, 5.41) is 0. The van der Waals surface area contributed by atoms with Gasteiger partial charge in [0.15, 0.2) is 0 Å². The van der Waals surface area contributed by atoms with Gasteiger partial charge in [0, 0.05) is 6.21 Å². The largest absolute Gasteiger partial charge is 0.261 e. The Morgan fingerprint density at radius 1 is 1.83 bits per heavy atom. The summed E-state index contributed by atoms with van der Waals surface area (Å²) < 4.78 is 0. The first-order valence-corrected chi connectivity index (χ1v) is 1.74. The molecule has 0 N–H and O–H groups in total. The van der Waals surface area contributed by atoms with Crippen molar-refractivity contribution in [3.05, 3.63) is 18.5 Å². The molecule has 0 saturated heterocycles. The Balaban J connectivity index is 3.33. The molecule has 0 spiro atoms. The average molecular weight is 81.1 g/mol. The smallest absolute Gasteiger partial charge is 0.0676 e. The molecule has 1 nitrogen and oxygen atoms in total. The molecular weight excluding hydrogens is 74.1 g/mol. The van der Waals surface area contributed by atoms with Gasteiger partial charge in [0.05, 0.1) is 6.20 Å². The second-order valence-corrected chi connectivity index (χ2v) is 0.740. The SMILES string of the molecule is C=C=CN=CC. The standard InChI is InChI=1S/C5H7N/c1-3-5-6-4-2/h4-5H,1H2,2H3. The van der Waals surface area contributed by atoms with E-state index in [1.807, 2.05) is 6.92 Å². The van der Waals surface area contributed by atoms with Gasteiger partial charge in [0.1, 0.15) is 0 Å². The maximum atomic E-state index is 3.67. The fourth-order valence-corrected chi connectivity index (χ4v) is 0.127. The van der Waals surface area contributed by atoms with Crippen molar-refractivity contribution in [3.8, 4) is 0 Å². The second-order valence-electron chi connectivity index (χ2n) is 0.740. The lowest BCUT2D eigenvalue weighted by atomic mass is 10.8. The van der Waals surface area contributed by atoms with Crippen LogP contribution in [-0.4, -0.2) is 6.21 Å². The van der Waals surface area contributed by atoms with Gasteiger partial charge in [-0.1, -0.05) is 6.58 Å². The van der Waals surface area contributed by atoms with Crippen molar-refractivity contribution < 1.29 is 0 Å². The minimum Gasteiger partial charge on any atom is -0.261 e. The molecule has 0 aliphatic rings. The first-order chi connectivity index (χ1) is 2.91. The monoisotopic (exact) mass is 81.1 g/mol. The molecule has 0 rings (SSSR count). The van der Waals surface area contributed by atoms with Crippen LogP contribution in [0.4, 0.5) is 0 Å². The first-order valence-electron chi connectivity index (χ1n) is 1.74. The molecule has 0 fully saturated rings. The topological polar surface area (TPSA) is 12.4 Å². The average Bonchev–Trinajstić information content (AvgIpc) is 1.61. The van der Waals surface area contributed by atoms with E-state index < -0.39 is 0 Å². The van der Waals surface area contributed by atoms with Crippen molar-refractivity contribution in [2.75, 3.05) is 0 Å². The summed E-state index contributed by atoms with van der Waals surface area (Å²) in [6.07, 6.45) is 3.19.